The molecule has 1 atom stereocenters. The zero-order valence-electron chi connectivity index (χ0n) is 23.0. The fourth-order valence-electron chi connectivity index (χ4n) is 5.14. The molecular formula is C31H38N4O3. The van der Waals surface area contributed by atoms with Crippen LogP contribution < -0.4 is 0 Å². The molecular weight excluding hydrogens is 476 g/mol. The molecule has 0 radical (unpaired) electrons. The van der Waals surface area contributed by atoms with E-state index in [1.54, 1.807) is 15.8 Å². The maximum atomic E-state index is 13.4. The van der Waals surface area contributed by atoms with Crippen LogP contribution in [0.4, 0.5) is 0 Å². The molecule has 1 saturated heterocycles. The Labute approximate surface area is 225 Å². The Kier molecular flexibility index (Phi) is 8.47. The van der Waals surface area contributed by atoms with Gasteiger partial charge in [-0.05, 0) is 62.2 Å². The van der Waals surface area contributed by atoms with Gasteiger partial charge in [-0.15, -0.1) is 0 Å². The van der Waals surface area contributed by atoms with Crippen LogP contribution in [-0.4, -0.2) is 62.6 Å². The van der Waals surface area contributed by atoms with Gasteiger partial charge in [-0.1, -0.05) is 70.2 Å². The van der Waals surface area contributed by atoms with Crippen molar-refractivity contribution in [2.75, 3.05) is 26.2 Å². The summed E-state index contributed by atoms with van der Waals surface area (Å²) in [5, 5.41) is 16.0. The van der Waals surface area contributed by atoms with E-state index in [9.17, 15) is 14.7 Å². The minimum atomic E-state index is -0.660. The molecule has 1 aliphatic heterocycles. The van der Waals surface area contributed by atoms with E-state index in [-0.39, 0.29) is 11.3 Å². The lowest BCUT2D eigenvalue weighted by molar-refractivity contribution is -0.140. The van der Waals surface area contributed by atoms with Crippen LogP contribution in [-0.2, 0) is 9.59 Å². The summed E-state index contributed by atoms with van der Waals surface area (Å²) in [6.45, 7) is 13.5. The zero-order valence-corrected chi connectivity index (χ0v) is 23.0. The molecule has 7 heteroatoms. The topological polar surface area (TPSA) is 78.7 Å². The summed E-state index contributed by atoms with van der Waals surface area (Å²) in [5.41, 5.74) is 4.08. The van der Waals surface area contributed by atoms with E-state index < -0.39 is 17.7 Å². The van der Waals surface area contributed by atoms with Gasteiger partial charge in [-0.2, -0.15) is 5.10 Å². The van der Waals surface area contributed by atoms with Gasteiger partial charge in [0.15, 0.2) is 0 Å². The number of nitrogens with zero attached hydrogens (tertiary/aromatic N) is 4. The standard InChI is InChI=1S/C31H38N4O3/c1-6-33(7-2)18-11-19-34-28(24-16-14-23(15-17-24)21(3)4)27(30(37)31(34)38)29(36)26-20-32-35(22(26)5)25-12-9-8-10-13-25/h8-10,12-17,20-21,28,36H,6-7,11,18-19H2,1-5H3. The summed E-state index contributed by atoms with van der Waals surface area (Å²) in [6.07, 6.45) is 2.30. The minimum Gasteiger partial charge on any atom is -0.507 e. The van der Waals surface area contributed by atoms with Gasteiger partial charge in [-0.25, -0.2) is 4.68 Å². The van der Waals surface area contributed by atoms with Gasteiger partial charge in [0, 0.05) is 6.54 Å². The lowest BCUT2D eigenvalue weighted by Gasteiger charge is -2.27. The van der Waals surface area contributed by atoms with Gasteiger partial charge in [0.1, 0.15) is 5.76 Å². The predicted octanol–water partition coefficient (Wildman–Crippen LogP) is 5.46. The summed E-state index contributed by atoms with van der Waals surface area (Å²) < 4.78 is 1.72. The third kappa shape index (κ3) is 5.29. The Morgan fingerprint density at radius 3 is 2.29 bits per heavy atom. The Balaban J connectivity index is 1.77. The van der Waals surface area contributed by atoms with Crippen LogP contribution in [0.25, 0.3) is 11.4 Å². The molecule has 0 bridgehead atoms. The van der Waals surface area contributed by atoms with Crippen LogP contribution >= 0.6 is 0 Å². The quantitative estimate of drug-likeness (QED) is 0.221. The van der Waals surface area contributed by atoms with Crippen molar-refractivity contribution in [1.29, 1.82) is 0 Å². The number of carbonyl (C=O) groups is 2. The van der Waals surface area contributed by atoms with Crippen molar-refractivity contribution in [3.63, 3.8) is 0 Å². The van der Waals surface area contributed by atoms with Gasteiger partial charge >= 0.3 is 0 Å². The van der Waals surface area contributed by atoms with E-state index in [0.717, 1.165) is 37.3 Å². The molecule has 200 valence electrons. The molecule has 1 aliphatic rings. The minimum absolute atomic E-state index is 0.117. The molecule has 1 fully saturated rings. The highest BCUT2D eigenvalue weighted by molar-refractivity contribution is 6.46. The second kappa shape index (κ2) is 11.8. The smallest absolute Gasteiger partial charge is 0.295 e. The maximum Gasteiger partial charge on any atom is 0.295 e. The van der Waals surface area contributed by atoms with Crippen molar-refractivity contribution in [2.45, 2.75) is 53.0 Å². The van der Waals surface area contributed by atoms with Crippen LogP contribution in [0, 0.1) is 6.92 Å². The number of para-hydroxylation sites is 1. The number of aliphatic hydroxyl groups excluding tert-OH is 1. The first-order valence-corrected chi connectivity index (χ1v) is 13.5. The average molecular weight is 515 g/mol. The van der Waals surface area contributed by atoms with Crippen molar-refractivity contribution < 1.29 is 14.7 Å². The van der Waals surface area contributed by atoms with Gasteiger partial charge in [-0.3, -0.25) is 9.59 Å². The number of aromatic nitrogens is 2. The highest BCUT2D eigenvalue weighted by atomic mass is 16.3. The Morgan fingerprint density at radius 2 is 1.68 bits per heavy atom. The fourth-order valence-corrected chi connectivity index (χ4v) is 5.14. The normalized spacial score (nSPS) is 17.2. The molecule has 1 aromatic heterocycles. The SMILES string of the molecule is CCN(CC)CCCN1C(=O)C(=O)C(=C(O)c2cnn(-c3ccccc3)c2C)C1c1ccc(C(C)C)cc1. The van der Waals surface area contributed by atoms with E-state index in [1.165, 1.54) is 5.56 Å². The van der Waals surface area contributed by atoms with Crippen molar-refractivity contribution in [1.82, 2.24) is 19.6 Å². The molecule has 0 saturated carbocycles. The lowest BCUT2D eigenvalue weighted by Crippen LogP contribution is -2.33. The molecule has 2 aromatic carbocycles. The number of ketones is 1. The molecule has 0 aliphatic carbocycles. The number of amides is 1. The van der Waals surface area contributed by atoms with Crippen LogP contribution in [0.15, 0.2) is 66.4 Å². The Hall–Kier alpha value is -3.71. The highest BCUT2D eigenvalue weighted by Gasteiger charge is 2.46. The van der Waals surface area contributed by atoms with Crippen LogP contribution in [0.1, 0.15) is 68.5 Å². The summed E-state index contributed by atoms with van der Waals surface area (Å²) in [4.78, 5) is 30.7. The van der Waals surface area contributed by atoms with E-state index in [1.807, 2.05) is 61.5 Å². The monoisotopic (exact) mass is 514 g/mol. The van der Waals surface area contributed by atoms with Gasteiger partial charge in [0.25, 0.3) is 11.7 Å². The number of carbonyl (C=O) groups excluding carboxylic acids is 2. The number of rotatable bonds is 10. The van der Waals surface area contributed by atoms with E-state index >= 15 is 0 Å². The molecule has 4 rings (SSSR count). The van der Waals surface area contributed by atoms with Crippen LogP contribution in [0.5, 0.6) is 0 Å². The fraction of sp³-hybridized carbons (Fsp3) is 0.387. The summed E-state index contributed by atoms with van der Waals surface area (Å²) in [5.74, 6) is -1.06. The molecule has 1 N–H and O–H groups in total. The van der Waals surface area contributed by atoms with Crippen molar-refractivity contribution in [3.8, 4) is 5.69 Å². The lowest BCUT2D eigenvalue weighted by atomic mass is 9.93. The largest absolute Gasteiger partial charge is 0.507 e. The highest BCUT2D eigenvalue weighted by Crippen LogP contribution is 2.40. The molecule has 1 unspecified atom stereocenters. The number of likely N-dealkylation sites (tertiary alicyclic amines) is 1. The second-order valence-corrected chi connectivity index (χ2v) is 10.1. The molecule has 7 nitrogen and oxygen atoms in total. The predicted molar refractivity (Wildman–Crippen MR) is 150 cm³/mol. The summed E-state index contributed by atoms with van der Waals surface area (Å²) >= 11 is 0. The Morgan fingerprint density at radius 1 is 1.03 bits per heavy atom. The average Bonchev–Trinajstić information content (AvgIpc) is 3.43. The van der Waals surface area contributed by atoms with Crippen LogP contribution in [0.3, 0.4) is 0 Å². The third-order valence-electron chi connectivity index (χ3n) is 7.49. The van der Waals surface area contributed by atoms with E-state index in [0.29, 0.717) is 23.7 Å². The zero-order chi connectivity index (χ0) is 27.4. The number of hydrogen-bond acceptors (Lipinski definition) is 5. The number of Topliss-reactive ketones (excluding diaryl/α,β-unsaturated/α-hetero) is 1. The van der Waals surface area contributed by atoms with Gasteiger partial charge < -0.3 is 14.9 Å². The van der Waals surface area contributed by atoms with Crippen LogP contribution in [0.2, 0.25) is 0 Å². The second-order valence-electron chi connectivity index (χ2n) is 10.1. The Bertz CT molecular complexity index is 1300. The molecule has 2 heterocycles. The first-order chi connectivity index (χ1) is 18.3. The molecule has 1 amide bonds. The van der Waals surface area contributed by atoms with Gasteiger partial charge in [0.05, 0.1) is 34.8 Å². The number of aliphatic hydroxyl groups is 1. The number of hydrogen-bond donors (Lipinski definition) is 1. The van der Waals surface area contributed by atoms with E-state index in [2.05, 4.69) is 37.7 Å². The first-order valence-electron chi connectivity index (χ1n) is 13.5. The maximum absolute atomic E-state index is 13.4. The summed E-state index contributed by atoms with van der Waals surface area (Å²) in [7, 11) is 0. The van der Waals surface area contributed by atoms with Crippen molar-refractivity contribution in [3.05, 3.63) is 88.8 Å². The molecule has 0 spiro atoms. The molecule has 38 heavy (non-hydrogen) atoms. The molecule has 3 aromatic rings. The van der Waals surface area contributed by atoms with E-state index in [4.69, 9.17) is 0 Å². The van der Waals surface area contributed by atoms with Crippen molar-refractivity contribution in [2.24, 2.45) is 0 Å². The van der Waals surface area contributed by atoms with Crippen molar-refractivity contribution >= 4 is 17.4 Å². The summed E-state index contributed by atoms with van der Waals surface area (Å²) in [6, 6.07) is 17.0. The number of benzene rings is 2. The van der Waals surface area contributed by atoms with Gasteiger partial charge in [0.2, 0.25) is 0 Å². The first kappa shape index (κ1) is 27.3. The third-order valence-corrected chi connectivity index (χ3v) is 7.49.